The van der Waals surface area contributed by atoms with Crippen molar-refractivity contribution in [3.05, 3.63) is 96.3 Å². The van der Waals surface area contributed by atoms with Crippen LogP contribution in [0.5, 0.6) is 0 Å². The fourth-order valence-electron chi connectivity index (χ4n) is 2.45. The quantitative estimate of drug-likeness (QED) is 0.779. The molecule has 0 spiro atoms. The summed E-state index contributed by atoms with van der Waals surface area (Å²) in [5.41, 5.74) is -0.235. The molecule has 3 aromatic rings. The molecule has 0 saturated heterocycles. The Morgan fingerprint density at radius 1 is 0.870 bits per heavy atom. The van der Waals surface area contributed by atoms with Gasteiger partial charge in [0.2, 0.25) is 0 Å². The molecule has 4 heteroatoms. The van der Waals surface area contributed by atoms with Crippen molar-refractivity contribution in [3.63, 3.8) is 0 Å². The number of amides is 1. The molecular formula is C19H16N2O2. The van der Waals surface area contributed by atoms with E-state index in [2.05, 4.69) is 10.3 Å². The number of hydrogen-bond acceptors (Lipinski definition) is 3. The van der Waals surface area contributed by atoms with Crippen LogP contribution in [-0.2, 0) is 10.4 Å². The Labute approximate surface area is 134 Å². The molecule has 2 aromatic carbocycles. The number of carbonyl (C=O) groups is 1. The van der Waals surface area contributed by atoms with Crippen molar-refractivity contribution in [2.75, 3.05) is 5.32 Å². The first kappa shape index (κ1) is 14.9. The number of nitrogens with one attached hydrogen (secondary N) is 1. The highest BCUT2D eigenvalue weighted by molar-refractivity contribution is 6.00. The Hall–Kier alpha value is -2.98. The monoisotopic (exact) mass is 304 g/mol. The summed E-state index contributed by atoms with van der Waals surface area (Å²) in [7, 11) is 0. The van der Waals surface area contributed by atoms with Crippen LogP contribution in [-0.4, -0.2) is 16.0 Å². The molecule has 1 aromatic heterocycles. The summed E-state index contributed by atoms with van der Waals surface area (Å²) in [5.74, 6) is -0.525. The molecule has 0 atom stereocenters. The number of aliphatic hydroxyl groups is 1. The molecule has 0 saturated carbocycles. The summed E-state index contributed by atoms with van der Waals surface area (Å²) in [4.78, 5) is 16.8. The fourth-order valence-corrected chi connectivity index (χ4v) is 2.45. The van der Waals surface area contributed by atoms with Gasteiger partial charge < -0.3 is 10.4 Å². The number of rotatable bonds is 4. The van der Waals surface area contributed by atoms with Crippen LogP contribution < -0.4 is 5.32 Å². The lowest BCUT2D eigenvalue weighted by molar-refractivity contribution is -0.131. The van der Waals surface area contributed by atoms with Crippen molar-refractivity contribution in [1.29, 1.82) is 0 Å². The molecule has 2 N–H and O–H groups in total. The highest BCUT2D eigenvalue weighted by Crippen LogP contribution is 2.30. The van der Waals surface area contributed by atoms with E-state index >= 15 is 0 Å². The Kier molecular flexibility index (Phi) is 4.17. The van der Waals surface area contributed by atoms with Gasteiger partial charge in [-0.25, -0.2) is 0 Å². The third-order valence-electron chi connectivity index (χ3n) is 3.63. The van der Waals surface area contributed by atoms with Crippen LogP contribution in [0.15, 0.2) is 85.2 Å². The van der Waals surface area contributed by atoms with E-state index in [1.54, 1.807) is 66.9 Å². The molecule has 23 heavy (non-hydrogen) atoms. The van der Waals surface area contributed by atoms with E-state index in [1.807, 2.05) is 12.1 Å². The van der Waals surface area contributed by atoms with Crippen LogP contribution >= 0.6 is 0 Å². The molecule has 114 valence electrons. The minimum absolute atomic E-state index is 0.507. The normalized spacial score (nSPS) is 11.0. The lowest BCUT2D eigenvalue weighted by Gasteiger charge is -2.28. The van der Waals surface area contributed by atoms with Crippen molar-refractivity contribution < 1.29 is 9.90 Å². The van der Waals surface area contributed by atoms with Crippen LogP contribution in [0.2, 0.25) is 0 Å². The van der Waals surface area contributed by atoms with Crippen LogP contribution in [0.3, 0.4) is 0 Å². The highest BCUT2D eigenvalue weighted by atomic mass is 16.3. The minimum Gasteiger partial charge on any atom is -0.372 e. The third-order valence-corrected chi connectivity index (χ3v) is 3.63. The summed E-state index contributed by atoms with van der Waals surface area (Å²) >= 11 is 0. The molecule has 0 fully saturated rings. The average molecular weight is 304 g/mol. The van der Waals surface area contributed by atoms with Crippen LogP contribution in [0.4, 0.5) is 5.69 Å². The van der Waals surface area contributed by atoms with Gasteiger partial charge in [-0.15, -0.1) is 0 Å². The van der Waals surface area contributed by atoms with E-state index < -0.39 is 11.5 Å². The largest absolute Gasteiger partial charge is 0.372 e. The molecule has 3 rings (SSSR count). The number of anilines is 1. The number of benzene rings is 2. The lowest BCUT2D eigenvalue weighted by atomic mass is 9.85. The third kappa shape index (κ3) is 2.98. The topological polar surface area (TPSA) is 62.2 Å². The first-order chi connectivity index (χ1) is 11.2. The predicted octanol–water partition coefficient (Wildman–Crippen LogP) is 2.96. The van der Waals surface area contributed by atoms with E-state index in [0.717, 1.165) is 0 Å². The number of hydrogen-bond donors (Lipinski definition) is 2. The summed E-state index contributed by atoms with van der Waals surface area (Å²) < 4.78 is 0. The van der Waals surface area contributed by atoms with Crippen molar-refractivity contribution in [1.82, 2.24) is 4.98 Å². The molecule has 4 nitrogen and oxygen atoms in total. The average Bonchev–Trinajstić information content (AvgIpc) is 2.63. The van der Waals surface area contributed by atoms with Gasteiger partial charge in [-0.1, -0.05) is 60.7 Å². The number of aromatic nitrogens is 1. The van der Waals surface area contributed by atoms with Gasteiger partial charge in [0, 0.05) is 6.20 Å². The summed E-state index contributed by atoms with van der Waals surface area (Å²) in [6.45, 7) is 0. The lowest BCUT2D eigenvalue weighted by Crippen LogP contribution is -2.41. The molecule has 0 bridgehead atoms. The van der Waals surface area contributed by atoms with Gasteiger partial charge in [0.1, 0.15) is 0 Å². The second-order valence-electron chi connectivity index (χ2n) is 5.14. The second kappa shape index (κ2) is 6.42. The van der Waals surface area contributed by atoms with Crippen molar-refractivity contribution in [2.45, 2.75) is 5.60 Å². The van der Waals surface area contributed by atoms with E-state index in [0.29, 0.717) is 16.8 Å². The number of nitrogens with zero attached hydrogens (tertiary/aromatic N) is 1. The zero-order valence-corrected chi connectivity index (χ0v) is 12.4. The van der Waals surface area contributed by atoms with Crippen molar-refractivity contribution in [3.8, 4) is 0 Å². The van der Waals surface area contributed by atoms with Gasteiger partial charge in [-0.2, -0.15) is 0 Å². The highest BCUT2D eigenvalue weighted by Gasteiger charge is 2.39. The Bertz CT molecular complexity index is 735. The molecule has 0 radical (unpaired) electrons. The Morgan fingerprint density at radius 3 is 1.91 bits per heavy atom. The molecule has 0 aliphatic rings. The summed E-state index contributed by atoms with van der Waals surface area (Å²) in [6.07, 6.45) is 3.16. The maximum absolute atomic E-state index is 12.8. The standard InChI is InChI=1S/C19H16N2O2/c22-18(21-17-12-7-13-20-14-17)19(23,15-8-3-1-4-9-15)16-10-5-2-6-11-16/h1-14,23H,(H,21,22). The number of carbonyl (C=O) groups excluding carboxylic acids is 1. The van der Waals surface area contributed by atoms with E-state index in [-0.39, 0.29) is 0 Å². The maximum atomic E-state index is 12.8. The Morgan fingerprint density at radius 2 is 1.43 bits per heavy atom. The predicted molar refractivity (Wildman–Crippen MR) is 88.7 cm³/mol. The zero-order valence-electron chi connectivity index (χ0n) is 12.4. The molecule has 0 aliphatic carbocycles. The van der Waals surface area contributed by atoms with Gasteiger partial charge in [-0.05, 0) is 23.3 Å². The van der Waals surface area contributed by atoms with E-state index in [9.17, 15) is 9.90 Å². The summed E-state index contributed by atoms with van der Waals surface area (Å²) in [6, 6.07) is 21.2. The maximum Gasteiger partial charge on any atom is 0.265 e. The first-order valence-corrected chi connectivity index (χ1v) is 7.26. The van der Waals surface area contributed by atoms with Gasteiger partial charge in [0.15, 0.2) is 5.60 Å². The molecule has 0 aliphatic heterocycles. The second-order valence-corrected chi connectivity index (χ2v) is 5.14. The minimum atomic E-state index is -1.78. The molecule has 0 unspecified atom stereocenters. The SMILES string of the molecule is O=C(Nc1cccnc1)C(O)(c1ccccc1)c1ccccc1. The van der Waals surface area contributed by atoms with Crippen molar-refractivity contribution >= 4 is 11.6 Å². The van der Waals surface area contributed by atoms with Gasteiger partial charge in [0.05, 0.1) is 11.9 Å². The van der Waals surface area contributed by atoms with Crippen molar-refractivity contribution in [2.24, 2.45) is 0 Å². The van der Waals surface area contributed by atoms with Crippen LogP contribution in [0.25, 0.3) is 0 Å². The molecule has 1 amide bonds. The summed E-state index contributed by atoms with van der Waals surface area (Å²) in [5, 5.41) is 14.0. The van der Waals surface area contributed by atoms with Crippen LogP contribution in [0, 0.1) is 0 Å². The Balaban J connectivity index is 2.04. The van der Waals surface area contributed by atoms with Crippen LogP contribution in [0.1, 0.15) is 11.1 Å². The molecular weight excluding hydrogens is 288 g/mol. The fraction of sp³-hybridized carbons (Fsp3) is 0.0526. The van der Waals surface area contributed by atoms with Gasteiger partial charge in [0.25, 0.3) is 5.91 Å². The van der Waals surface area contributed by atoms with E-state index in [4.69, 9.17) is 0 Å². The smallest absolute Gasteiger partial charge is 0.265 e. The molecule has 1 heterocycles. The number of pyridine rings is 1. The van der Waals surface area contributed by atoms with Gasteiger partial charge >= 0.3 is 0 Å². The first-order valence-electron chi connectivity index (χ1n) is 7.26. The van der Waals surface area contributed by atoms with E-state index in [1.165, 1.54) is 6.20 Å². The zero-order chi connectivity index (χ0) is 16.1. The van der Waals surface area contributed by atoms with Gasteiger partial charge in [-0.3, -0.25) is 9.78 Å².